The zero-order valence-electron chi connectivity index (χ0n) is 51.0. The summed E-state index contributed by atoms with van der Waals surface area (Å²) in [5, 5.41) is 0. The number of carbonyl (C=O) groups excluding carboxylic acids is 3. The Morgan fingerprint density at radius 2 is 0.474 bits per heavy atom. The number of rotatable bonds is 62. The topological polar surface area (TPSA) is 78.9 Å². The van der Waals surface area contributed by atoms with Crippen LogP contribution in [0, 0.1) is 0 Å². The Hall–Kier alpha value is -2.63. The van der Waals surface area contributed by atoms with Crippen molar-refractivity contribution in [3.8, 4) is 0 Å². The number of hydrogen-bond donors (Lipinski definition) is 0. The zero-order valence-corrected chi connectivity index (χ0v) is 51.0. The van der Waals surface area contributed by atoms with Crippen LogP contribution in [0.3, 0.4) is 0 Å². The normalized spacial score (nSPS) is 12.3. The van der Waals surface area contributed by atoms with E-state index in [1.165, 1.54) is 244 Å². The Bertz CT molecular complexity index is 1310. The molecule has 444 valence electrons. The van der Waals surface area contributed by atoms with E-state index in [2.05, 4.69) is 69.4 Å². The lowest BCUT2D eigenvalue weighted by atomic mass is 10.0. The van der Waals surface area contributed by atoms with Crippen molar-refractivity contribution in [3.05, 3.63) is 48.6 Å². The number of carbonyl (C=O) groups is 3. The molecule has 0 aromatic heterocycles. The summed E-state index contributed by atoms with van der Waals surface area (Å²) in [5.41, 5.74) is 0. The quantitative estimate of drug-likeness (QED) is 0.0261. The van der Waals surface area contributed by atoms with Crippen LogP contribution >= 0.6 is 0 Å². The maximum Gasteiger partial charge on any atom is 0.306 e. The summed E-state index contributed by atoms with van der Waals surface area (Å²) in [5.74, 6) is -0.874. The van der Waals surface area contributed by atoms with Crippen LogP contribution in [0.2, 0.25) is 0 Å². The molecule has 0 N–H and O–H groups in total. The van der Waals surface area contributed by atoms with Gasteiger partial charge in [-0.2, -0.15) is 0 Å². The van der Waals surface area contributed by atoms with Gasteiger partial charge in [-0.05, 0) is 103 Å². The summed E-state index contributed by atoms with van der Waals surface area (Å²) in [6.07, 6.45) is 81.4. The first-order valence-corrected chi connectivity index (χ1v) is 33.6. The van der Waals surface area contributed by atoms with Gasteiger partial charge in [0.15, 0.2) is 6.10 Å². The lowest BCUT2D eigenvalue weighted by Gasteiger charge is -2.18. The van der Waals surface area contributed by atoms with Crippen LogP contribution in [0.5, 0.6) is 0 Å². The molecule has 6 nitrogen and oxygen atoms in total. The van der Waals surface area contributed by atoms with Crippen LogP contribution in [0.15, 0.2) is 48.6 Å². The Kier molecular flexibility index (Phi) is 62.6. The van der Waals surface area contributed by atoms with Crippen LogP contribution in [0.25, 0.3) is 0 Å². The first-order chi connectivity index (χ1) is 37.5. The molecule has 0 saturated heterocycles. The van der Waals surface area contributed by atoms with Crippen LogP contribution in [-0.2, 0) is 28.6 Å². The van der Waals surface area contributed by atoms with E-state index in [0.29, 0.717) is 19.3 Å². The van der Waals surface area contributed by atoms with Crippen LogP contribution in [0.4, 0.5) is 0 Å². The maximum absolute atomic E-state index is 12.9. The molecule has 1 unspecified atom stereocenters. The average Bonchev–Trinajstić information content (AvgIpc) is 3.42. The first kappa shape index (κ1) is 73.4. The second-order valence-electron chi connectivity index (χ2n) is 22.7. The minimum atomic E-state index is -0.780. The lowest BCUT2D eigenvalue weighted by molar-refractivity contribution is -0.167. The highest BCUT2D eigenvalue weighted by Gasteiger charge is 2.19. The predicted octanol–water partition coefficient (Wildman–Crippen LogP) is 22.9. The average molecular weight is 1070 g/mol. The third-order valence-electron chi connectivity index (χ3n) is 15.0. The van der Waals surface area contributed by atoms with Crippen LogP contribution in [0.1, 0.15) is 361 Å². The van der Waals surface area contributed by atoms with Gasteiger partial charge in [0.2, 0.25) is 0 Å². The molecule has 76 heavy (non-hydrogen) atoms. The van der Waals surface area contributed by atoms with Gasteiger partial charge in [0, 0.05) is 19.3 Å². The second-order valence-corrected chi connectivity index (χ2v) is 22.7. The van der Waals surface area contributed by atoms with Crippen molar-refractivity contribution in [2.75, 3.05) is 13.2 Å². The first-order valence-electron chi connectivity index (χ1n) is 33.6. The Balaban J connectivity index is 4.17. The summed E-state index contributed by atoms with van der Waals surface area (Å²) in [4.78, 5) is 38.3. The molecule has 0 spiro atoms. The summed E-state index contributed by atoms with van der Waals surface area (Å²) in [7, 11) is 0. The number of hydrogen-bond acceptors (Lipinski definition) is 6. The van der Waals surface area contributed by atoms with Crippen molar-refractivity contribution in [1.82, 2.24) is 0 Å². The van der Waals surface area contributed by atoms with Gasteiger partial charge in [-0.3, -0.25) is 14.4 Å². The largest absolute Gasteiger partial charge is 0.462 e. The monoisotopic (exact) mass is 1060 g/mol. The molecule has 0 rings (SSSR count). The molecule has 0 aliphatic heterocycles. The number of ether oxygens (including phenoxy) is 3. The van der Waals surface area contributed by atoms with E-state index >= 15 is 0 Å². The molecule has 0 saturated carbocycles. The van der Waals surface area contributed by atoms with Gasteiger partial charge in [0.25, 0.3) is 0 Å². The predicted molar refractivity (Wildman–Crippen MR) is 330 cm³/mol. The minimum absolute atomic E-state index is 0.0758. The van der Waals surface area contributed by atoms with Crippen LogP contribution in [-0.4, -0.2) is 37.2 Å². The van der Waals surface area contributed by atoms with E-state index in [1.54, 1.807) is 0 Å². The van der Waals surface area contributed by atoms with Crippen molar-refractivity contribution < 1.29 is 28.6 Å². The Morgan fingerprint density at radius 3 is 0.763 bits per heavy atom. The van der Waals surface area contributed by atoms with Gasteiger partial charge in [-0.1, -0.05) is 288 Å². The van der Waals surface area contributed by atoms with Crippen molar-refractivity contribution in [2.24, 2.45) is 0 Å². The Morgan fingerprint density at radius 1 is 0.263 bits per heavy atom. The van der Waals surface area contributed by atoms with E-state index in [1.807, 2.05) is 0 Å². The molecular weight excluding hydrogens is 937 g/mol. The summed E-state index contributed by atoms with van der Waals surface area (Å²) >= 11 is 0. The molecule has 0 aliphatic rings. The maximum atomic E-state index is 12.9. The number of allylic oxidation sites excluding steroid dienone is 8. The molecule has 0 radical (unpaired) electrons. The fourth-order valence-electron chi connectivity index (χ4n) is 9.94. The van der Waals surface area contributed by atoms with Gasteiger partial charge in [0.05, 0.1) is 0 Å². The van der Waals surface area contributed by atoms with Crippen LogP contribution < -0.4 is 0 Å². The van der Waals surface area contributed by atoms with Crippen molar-refractivity contribution >= 4 is 17.9 Å². The van der Waals surface area contributed by atoms with Gasteiger partial charge in [-0.25, -0.2) is 0 Å². The van der Waals surface area contributed by atoms with Crippen molar-refractivity contribution in [1.29, 1.82) is 0 Å². The molecular formula is C70H128O6. The molecule has 6 heteroatoms. The molecule has 0 aromatic rings. The minimum Gasteiger partial charge on any atom is -0.462 e. The molecule has 1 atom stereocenters. The molecule has 0 bridgehead atoms. The highest BCUT2D eigenvalue weighted by molar-refractivity contribution is 5.71. The van der Waals surface area contributed by atoms with Crippen molar-refractivity contribution in [2.45, 2.75) is 367 Å². The van der Waals surface area contributed by atoms with E-state index in [9.17, 15) is 14.4 Å². The smallest absolute Gasteiger partial charge is 0.306 e. The van der Waals surface area contributed by atoms with Gasteiger partial charge in [-0.15, -0.1) is 0 Å². The second kappa shape index (κ2) is 64.9. The highest BCUT2D eigenvalue weighted by Crippen LogP contribution is 2.17. The Labute approximate surface area is 473 Å². The molecule has 0 aliphatic carbocycles. The fraction of sp³-hybridized carbons (Fsp3) is 0.843. The van der Waals surface area contributed by atoms with Gasteiger partial charge >= 0.3 is 17.9 Å². The molecule has 0 aromatic carbocycles. The fourth-order valence-corrected chi connectivity index (χ4v) is 9.94. The third kappa shape index (κ3) is 62.2. The standard InChI is InChI=1S/C70H128O6/c1-4-7-10-13-16-19-22-25-27-29-30-31-32-33-34-35-36-37-38-39-40-42-43-45-48-51-54-57-60-63-69(72)75-66-67(65-74-68(71)62-59-56-53-50-47-24-21-18-15-12-9-6-3)76-70(73)64-61-58-55-52-49-46-44-41-28-26-23-20-17-14-11-8-5-2/h17-18,20-21,26,28-30,67H,4-16,19,22-25,27,31-66H2,1-3H3/b20-17-,21-18-,28-26-,30-29-. The van der Waals surface area contributed by atoms with E-state index in [4.69, 9.17) is 14.2 Å². The van der Waals surface area contributed by atoms with Crippen molar-refractivity contribution in [3.63, 3.8) is 0 Å². The van der Waals surface area contributed by atoms with E-state index in [-0.39, 0.29) is 31.1 Å². The lowest BCUT2D eigenvalue weighted by Crippen LogP contribution is -2.30. The summed E-state index contributed by atoms with van der Waals surface area (Å²) < 4.78 is 16.9. The van der Waals surface area contributed by atoms with Gasteiger partial charge < -0.3 is 14.2 Å². The van der Waals surface area contributed by atoms with E-state index < -0.39 is 6.10 Å². The molecule has 0 fully saturated rings. The SMILES string of the molecule is CCCCC/C=C\C/C=C\CCCCCCCCCC(=O)OC(COC(=O)CCCCCCC/C=C\CCCCC)COC(=O)CCCCCCCCCCCCCCCCCCC/C=C\CCCCCCCCCC. The molecule has 0 amide bonds. The number of esters is 3. The number of unbranched alkanes of at least 4 members (excludes halogenated alkanes) is 43. The summed E-state index contributed by atoms with van der Waals surface area (Å²) in [6, 6.07) is 0. The van der Waals surface area contributed by atoms with Gasteiger partial charge in [0.1, 0.15) is 13.2 Å². The highest BCUT2D eigenvalue weighted by atomic mass is 16.6. The zero-order chi connectivity index (χ0) is 55.0. The summed E-state index contributed by atoms with van der Waals surface area (Å²) in [6.45, 7) is 6.63. The van der Waals surface area contributed by atoms with E-state index in [0.717, 1.165) is 77.0 Å². The third-order valence-corrected chi connectivity index (χ3v) is 15.0. The molecule has 0 heterocycles.